The minimum atomic E-state index is -0.488. The van der Waals surface area contributed by atoms with Gasteiger partial charge in [0.05, 0.1) is 6.10 Å². The minimum Gasteiger partial charge on any atom is -0.387 e. The molecule has 1 heterocycles. The zero-order valence-electron chi connectivity index (χ0n) is 12.9. The first kappa shape index (κ1) is 15.7. The van der Waals surface area contributed by atoms with Crippen molar-refractivity contribution in [2.75, 3.05) is 13.1 Å². The summed E-state index contributed by atoms with van der Waals surface area (Å²) in [5.41, 5.74) is 3.02. The molecule has 0 saturated heterocycles. The van der Waals surface area contributed by atoms with Crippen molar-refractivity contribution in [2.45, 2.75) is 18.9 Å². The van der Waals surface area contributed by atoms with Crippen molar-refractivity contribution in [1.29, 1.82) is 0 Å². The van der Waals surface area contributed by atoms with E-state index in [1.807, 2.05) is 36.5 Å². The highest BCUT2D eigenvalue weighted by Gasteiger charge is 2.07. The molecule has 0 aliphatic heterocycles. The first-order chi connectivity index (χ1) is 11.2. The Bertz CT molecular complexity index is 754. The summed E-state index contributed by atoms with van der Waals surface area (Å²) in [5.74, 6) is -0.206. The number of hydrogen-bond donors (Lipinski definition) is 3. The van der Waals surface area contributed by atoms with Crippen molar-refractivity contribution in [3.63, 3.8) is 0 Å². The highest BCUT2D eigenvalue weighted by Crippen LogP contribution is 2.20. The Balaban J connectivity index is 1.45. The molecule has 0 bridgehead atoms. The maximum atomic E-state index is 13.3. The molecule has 0 saturated carbocycles. The van der Waals surface area contributed by atoms with Gasteiger partial charge in [-0.15, -0.1) is 0 Å². The maximum absolute atomic E-state index is 13.3. The summed E-state index contributed by atoms with van der Waals surface area (Å²) in [6, 6.07) is 14.4. The fourth-order valence-electron chi connectivity index (χ4n) is 2.79. The Hall–Kier alpha value is -2.17. The summed E-state index contributed by atoms with van der Waals surface area (Å²) in [6.07, 6.45) is 3.27. The number of hydrogen-bond acceptors (Lipinski definition) is 2. The molecule has 0 fully saturated rings. The summed E-state index contributed by atoms with van der Waals surface area (Å²) in [4.78, 5) is 3.17. The van der Waals surface area contributed by atoms with E-state index in [4.69, 9.17) is 0 Å². The second-order valence-electron chi connectivity index (χ2n) is 5.74. The number of rotatable bonds is 7. The van der Waals surface area contributed by atoms with Gasteiger partial charge in [0.25, 0.3) is 0 Å². The Morgan fingerprint density at radius 2 is 1.96 bits per heavy atom. The highest BCUT2D eigenvalue weighted by molar-refractivity contribution is 5.83. The number of aliphatic hydroxyl groups excluding tert-OH is 1. The van der Waals surface area contributed by atoms with Crippen LogP contribution in [0.2, 0.25) is 0 Å². The van der Waals surface area contributed by atoms with Crippen LogP contribution in [0.1, 0.15) is 23.7 Å². The molecule has 0 aliphatic carbocycles. The van der Waals surface area contributed by atoms with Gasteiger partial charge in [0.1, 0.15) is 5.82 Å². The van der Waals surface area contributed by atoms with Crippen molar-refractivity contribution in [1.82, 2.24) is 10.3 Å². The smallest absolute Gasteiger partial charge is 0.123 e. The normalized spacial score (nSPS) is 12.6. The van der Waals surface area contributed by atoms with Crippen LogP contribution in [-0.4, -0.2) is 23.2 Å². The molecule has 0 aliphatic rings. The summed E-state index contributed by atoms with van der Waals surface area (Å²) in [6.45, 7) is 1.35. The molecule has 1 aromatic heterocycles. The van der Waals surface area contributed by atoms with Gasteiger partial charge >= 0.3 is 0 Å². The fourth-order valence-corrected chi connectivity index (χ4v) is 2.79. The topological polar surface area (TPSA) is 48.0 Å². The number of halogens is 1. The van der Waals surface area contributed by atoms with Gasteiger partial charge in [0.15, 0.2) is 0 Å². The van der Waals surface area contributed by atoms with Gasteiger partial charge in [-0.2, -0.15) is 0 Å². The SMILES string of the molecule is OC(CNCCCc1c[nH]c2ccc(F)cc12)c1ccccc1. The van der Waals surface area contributed by atoms with Gasteiger partial charge in [-0.05, 0) is 48.7 Å². The molecule has 2 aromatic carbocycles. The predicted molar refractivity (Wildman–Crippen MR) is 90.8 cm³/mol. The molecule has 1 atom stereocenters. The van der Waals surface area contributed by atoms with Crippen molar-refractivity contribution in [3.8, 4) is 0 Å². The van der Waals surface area contributed by atoms with Crippen LogP contribution in [0.3, 0.4) is 0 Å². The lowest BCUT2D eigenvalue weighted by Crippen LogP contribution is -2.22. The largest absolute Gasteiger partial charge is 0.387 e. The van der Waals surface area contributed by atoms with Gasteiger partial charge < -0.3 is 15.4 Å². The standard InChI is InChI=1S/C19H21FN2O/c20-16-8-9-18-17(11-16)15(12-22-18)7-4-10-21-13-19(23)14-5-2-1-3-6-14/h1-3,5-6,8-9,11-12,19,21-23H,4,7,10,13H2. The summed E-state index contributed by atoms with van der Waals surface area (Å²) < 4.78 is 13.3. The number of nitrogens with one attached hydrogen (secondary N) is 2. The van der Waals surface area contributed by atoms with E-state index in [2.05, 4.69) is 10.3 Å². The average Bonchev–Trinajstić information content (AvgIpc) is 2.97. The third-order valence-electron chi connectivity index (χ3n) is 4.05. The monoisotopic (exact) mass is 312 g/mol. The molecule has 0 spiro atoms. The summed E-state index contributed by atoms with van der Waals surface area (Å²) in [5, 5.41) is 14.3. The molecule has 0 radical (unpaired) electrons. The van der Waals surface area contributed by atoms with Gasteiger partial charge in [-0.1, -0.05) is 30.3 Å². The van der Waals surface area contributed by atoms with Gasteiger partial charge in [0, 0.05) is 23.6 Å². The third-order valence-corrected chi connectivity index (χ3v) is 4.05. The van der Waals surface area contributed by atoms with E-state index >= 15 is 0 Å². The lowest BCUT2D eigenvalue weighted by atomic mass is 10.1. The van der Waals surface area contributed by atoms with Crippen LogP contribution in [0, 0.1) is 5.82 Å². The second kappa shape index (κ2) is 7.40. The molecule has 3 aromatic rings. The number of aromatic amines is 1. The van der Waals surface area contributed by atoms with Crippen molar-refractivity contribution in [3.05, 3.63) is 71.7 Å². The molecular weight excluding hydrogens is 291 g/mol. The fraction of sp³-hybridized carbons (Fsp3) is 0.263. The Kier molecular flexibility index (Phi) is 5.05. The lowest BCUT2D eigenvalue weighted by Gasteiger charge is -2.12. The molecule has 3 rings (SSSR count). The van der Waals surface area contributed by atoms with E-state index in [0.29, 0.717) is 6.54 Å². The Labute approximate surface area is 135 Å². The summed E-state index contributed by atoms with van der Waals surface area (Å²) in [7, 11) is 0. The number of aliphatic hydroxyl groups is 1. The van der Waals surface area contributed by atoms with Gasteiger partial charge in [-0.3, -0.25) is 0 Å². The van der Waals surface area contributed by atoms with Gasteiger partial charge in [-0.25, -0.2) is 4.39 Å². The zero-order valence-corrected chi connectivity index (χ0v) is 12.9. The predicted octanol–water partition coefficient (Wildman–Crippen LogP) is 3.56. The minimum absolute atomic E-state index is 0.206. The molecule has 0 amide bonds. The molecule has 3 N–H and O–H groups in total. The number of aromatic nitrogens is 1. The van der Waals surface area contributed by atoms with E-state index in [1.54, 1.807) is 12.1 Å². The van der Waals surface area contributed by atoms with Crippen molar-refractivity contribution < 1.29 is 9.50 Å². The lowest BCUT2D eigenvalue weighted by molar-refractivity contribution is 0.175. The first-order valence-electron chi connectivity index (χ1n) is 7.93. The number of fused-ring (bicyclic) bond motifs is 1. The van der Waals surface area contributed by atoms with Crippen LogP contribution in [0.25, 0.3) is 10.9 Å². The molecule has 3 nitrogen and oxygen atoms in total. The molecule has 4 heteroatoms. The molecular formula is C19H21FN2O. The maximum Gasteiger partial charge on any atom is 0.123 e. The summed E-state index contributed by atoms with van der Waals surface area (Å²) >= 11 is 0. The van der Waals surface area contributed by atoms with E-state index in [-0.39, 0.29) is 5.82 Å². The van der Waals surface area contributed by atoms with E-state index in [1.165, 1.54) is 6.07 Å². The number of benzene rings is 2. The van der Waals surface area contributed by atoms with E-state index in [9.17, 15) is 9.50 Å². The van der Waals surface area contributed by atoms with Crippen LogP contribution in [-0.2, 0) is 6.42 Å². The molecule has 120 valence electrons. The van der Waals surface area contributed by atoms with E-state index in [0.717, 1.165) is 41.4 Å². The second-order valence-corrected chi connectivity index (χ2v) is 5.74. The third kappa shape index (κ3) is 3.97. The van der Waals surface area contributed by atoms with Crippen molar-refractivity contribution >= 4 is 10.9 Å². The number of H-pyrrole nitrogens is 1. The van der Waals surface area contributed by atoms with Crippen molar-refractivity contribution in [2.24, 2.45) is 0 Å². The van der Waals surface area contributed by atoms with Crippen LogP contribution in [0.5, 0.6) is 0 Å². The highest BCUT2D eigenvalue weighted by atomic mass is 19.1. The average molecular weight is 312 g/mol. The number of aryl methyl sites for hydroxylation is 1. The Morgan fingerprint density at radius 3 is 2.78 bits per heavy atom. The van der Waals surface area contributed by atoms with Gasteiger partial charge in [0.2, 0.25) is 0 Å². The molecule has 23 heavy (non-hydrogen) atoms. The van der Waals surface area contributed by atoms with Crippen LogP contribution < -0.4 is 5.32 Å². The Morgan fingerprint density at radius 1 is 1.13 bits per heavy atom. The zero-order chi connectivity index (χ0) is 16.1. The first-order valence-corrected chi connectivity index (χ1v) is 7.93. The van der Waals surface area contributed by atoms with Crippen LogP contribution in [0.15, 0.2) is 54.7 Å². The quantitative estimate of drug-likeness (QED) is 0.584. The van der Waals surface area contributed by atoms with E-state index < -0.39 is 6.10 Å². The van der Waals surface area contributed by atoms with Crippen LogP contribution in [0.4, 0.5) is 4.39 Å². The van der Waals surface area contributed by atoms with Crippen LogP contribution >= 0.6 is 0 Å². The molecule has 1 unspecified atom stereocenters.